The number of aryl methyl sites for hydroxylation is 1. The van der Waals surface area contributed by atoms with Gasteiger partial charge in [0.25, 0.3) is 0 Å². The zero-order valence-corrected chi connectivity index (χ0v) is 17.7. The predicted octanol–water partition coefficient (Wildman–Crippen LogP) is 2.23. The molecule has 3 aliphatic heterocycles. The maximum absolute atomic E-state index is 13.6. The first kappa shape index (κ1) is 19.3. The van der Waals surface area contributed by atoms with Crippen LogP contribution in [0.4, 0.5) is 0 Å². The lowest BCUT2D eigenvalue weighted by Crippen LogP contribution is -2.73. The molecule has 2 aromatic rings. The van der Waals surface area contributed by atoms with Crippen LogP contribution in [0.15, 0.2) is 30.3 Å². The molecule has 4 bridgehead atoms. The van der Waals surface area contributed by atoms with E-state index in [2.05, 4.69) is 4.57 Å². The van der Waals surface area contributed by atoms with Crippen LogP contribution >= 0.6 is 0 Å². The monoisotopic (exact) mass is 410 g/mol. The average Bonchev–Trinajstić information content (AvgIpc) is 3.07. The fourth-order valence-corrected chi connectivity index (χ4v) is 6.20. The SMILES string of the molecule is COC(=O)[C@]12C[C@H]3CN(C(=O)/C=C\c4c1n(C)c1ccccc41)C2CC3(OC)OC. The molecule has 4 heterocycles. The van der Waals surface area contributed by atoms with Gasteiger partial charge in [-0.2, -0.15) is 0 Å². The maximum atomic E-state index is 13.6. The zero-order chi connectivity index (χ0) is 21.3. The number of fused-ring (bicyclic) bond motifs is 4. The summed E-state index contributed by atoms with van der Waals surface area (Å²) >= 11 is 0. The minimum atomic E-state index is -0.998. The average molecular weight is 410 g/mol. The fraction of sp³-hybridized carbons (Fsp3) is 0.478. The molecule has 6 rings (SSSR count). The van der Waals surface area contributed by atoms with Crippen molar-refractivity contribution >= 4 is 28.9 Å². The molecule has 1 aliphatic carbocycles. The highest BCUT2D eigenvalue weighted by Crippen LogP contribution is 2.56. The highest BCUT2D eigenvalue weighted by Gasteiger charge is 2.67. The van der Waals surface area contributed by atoms with E-state index in [1.165, 1.54) is 7.11 Å². The summed E-state index contributed by atoms with van der Waals surface area (Å²) in [5.41, 5.74) is 1.81. The molecule has 7 nitrogen and oxygen atoms in total. The second-order valence-corrected chi connectivity index (χ2v) is 8.47. The third-order valence-electron chi connectivity index (χ3n) is 7.52. The number of hydrogen-bond acceptors (Lipinski definition) is 5. The van der Waals surface area contributed by atoms with Crippen molar-refractivity contribution in [1.82, 2.24) is 9.47 Å². The van der Waals surface area contributed by atoms with Gasteiger partial charge in [0.05, 0.1) is 13.2 Å². The Morgan fingerprint density at radius 1 is 1.10 bits per heavy atom. The van der Waals surface area contributed by atoms with Crippen LogP contribution in [0, 0.1) is 5.92 Å². The van der Waals surface area contributed by atoms with E-state index in [0.29, 0.717) is 19.4 Å². The molecule has 1 aromatic heterocycles. The van der Waals surface area contributed by atoms with Crippen LogP contribution in [0.25, 0.3) is 17.0 Å². The van der Waals surface area contributed by atoms with Crippen LogP contribution in [-0.4, -0.2) is 61.0 Å². The van der Waals surface area contributed by atoms with E-state index in [4.69, 9.17) is 14.2 Å². The van der Waals surface area contributed by atoms with Crippen LogP contribution in [0.2, 0.25) is 0 Å². The third kappa shape index (κ3) is 2.17. The molecule has 1 amide bonds. The smallest absolute Gasteiger partial charge is 0.319 e. The van der Waals surface area contributed by atoms with Crippen molar-refractivity contribution in [3.63, 3.8) is 0 Å². The summed E-state index contributed by atoms with van der Waals surface area (Å²) in [4.78, 5) is 28.5. The van der Waals surface area contributed by atoms with Gasteiger partial charge in [-0.05, 0) is 18.6 Å². The Morgan fingerprint density at radius 2 is 1.83 bits per heavy atom. The van der Waals surface area contributed by atoms with E-state index < -0.39 is 17.2 Å². The lowest BCUT2D eigenvalue weighted by Gasteiger charge is -2.61. The Labute approximate surface area is 175 Å². The molecule has 1 unspecified atom stereocenters. The molecule has 3 fully saturated rings. The summed E-state index contributed by atoms with van der Waals surface area (Å²) < 4.78 is 19.1. The molecular weight excluding hydrogens is 384 g/mol. The van der Waals surface area contributed by atoms with Gasteiger partial charge in [-0.3, -0.25) is 9.59 Å². The maximum Gasteiger partial charge on any atom is 0.319 e. The largest absolute Gasteiger partial charge is 0.468 e. The van der Waals surface area contributed by atoms with Gasteiger partial charge >= 0.3 is 5.97 Å². The zero-order valence-electron chi connectivity index (χ0n) is 17.7. The Morgan fingerprint density at radius 3 is 2.50 bits per heavy atom. The molecule has 3 atom stereocenters. The summed E-state index contributed by atoms with van der Waals surface area (Å²) in [5.74, 6) is -1.42. The molecule has 4 aliphatic rings. The Bertz CT molecular complexity index is 1080. The Hall–Kier alpha value is -2.64. The molecule has 2 saturated heterocycles. The van der Waals surface area contributed by atoms with Crippen molar-refractivity contribution in [2.75, 3.05) is 27.9 Å². The van der Waals surface area contributed by atoms with E-state index >= 15 is 0 Å². The van der Waals surface area contributed by atoms with Crippen molar-refractivity contribution in [3.8, 4) is 0 Å². The first-order chi connectivity index (χ1) is 14.4. The van der Waals surface area contributed by atoms with E-state index in [-0.39, 0.29) is 17.8 Å². The minimum absolute atomic E-state index is 0.0997. The predicted molar refractivity (Wildman–Crippen MR) is 111 cm³/mol. The van der Waals surface area contributed by atoms with Crippen LogP contribution < -0.4 is 0 Å². The summed E-state index contributed by atoms with van der Waals surface area (Å²) in [5, 5.41) is 1.02. The lowest BCUT2D eigenvalue weighted by atomic mass is 9.57. The van der Waals surface area contributed by atoms with Crippen molar-refractivity contribution < 1.29 is 23.8 Å². The Kier molecular flexibility index (Phi) is 4.14. The summed E-state index contributed by atoms with van der Waals surface area (Å²) in [6.45, 7) is 0.480. The molecule has 0 radical (unpaired) electrons. The molecule has 7 heteroatoms. The van der Waals surface area contributed by atoms with Gasteiger partial charge in [-0.1, -0.05) is 18.2 Å². The van der Waals surface area contributed by atoms with Crippen LogP contribution in [0.1, 0.15) is 24.1 Å². The fourth-order valence-electron chi connectivity index (χ4n) is 6.20. The van der Waals surface area contributed by atoms with E-state index in [9.17, 15) is 9.59 Å². The number of piperidine rings is 2. The summed E-state index contributed by atoms with van der Waals surface area (Å²) in [7, 11) is 6.66. The number of nitrogens with zero attached hydrogens (tertiary/aromatic N) is 2. The van der Waals surface area contributed by atoms with Crippen LogP contribution in [-0.2, 0) is 36.3 Å². The van der Waals surface area contributed by atoms with Crippen molar-refractivity contribution in [2.45, 2.75) is 30.1 Å². The summed E-state index contributed by atoms with van der Waals surface area (Å²) in [6, 6.07) is 7.59. The quantitative estimate of drug-likeness (QED) is 0.573. The minimum Gasteiger partial charge on any atom is -0.468 e. The second kappa shape index (κ2) is 6.43. The van der Waals surface area contributed by atoms with Crippen molar-refractivity contribution in [2.24, 2.45) is 13.0 Å². The van der Waals surface area contributed by atoms with Gasteiger partial charge in [0, 0.05) is 68.4 Å². The number of amides is 1. The second-order valence-electron chi connectivity index (χ2n) is 8.47. The molecule has 0 spiro atoms. The number of benzene rings is 1. The van der Waals surface area contributed by atoms with E-state index in [0.717, 1.165) is 22.2 Å². The van der Waals surface area contributed by atoms with Gasteiger partial charge in [0.1, 0.15) is 5.41 Å². The highest BCUT2D eigenvalue weighted by molar-refractivity contribution is 6.02. The van der Waals surface area contributed by atoms with E-state index in [1.54, 1.807) is 25.2 Å². The van der Waals surface area contributed by atoms with Gasteiger partial charge in [-0.25, -0.2) is 0 Å². The molecule has 0 N–H and O–H groups in total. The first-order valence-electron chi connectivity index (χ1n) is 10.2. The van der Waals surface area contributed by atoms with Crippen LogP contribution in [0.3, 0.4) is 0 Å². The molecule has 1 saturated carbocycles. The number of carbonyl (C=O) groups is 2. The lowest BCUT2D eigenvalue weighted by molar-refractivity contribution is -0.293. The molecular formula is C23H26N2O5. The van der Waals surface area contributed by atoms with Gasteiger partial charge in [0.2, 0.25) is 5.91 Å². The van der Waals surface area contributed by atoms with Gasteiger partial charge < -0.3 is 23.7 Å². The molecule has 30 heavy (non-hydrogen) atoms. The van der Waals surface area contributed by atoms with Crippen LogP contribution in [0.5, 0.6) is 0 Å². The van der Waals surface area contributed by atoms with Crippen molar-refractivity contribution in [3.05, 3.63) is 41.6 Å². The van der Waals surface area contributed by atoms with Gasteiger partial charge in [0.15, 0.2) is 5.79 Å². The topological polar surface area (TPSA) is 70.0 Å². The standard InChI is InChI=1S/C23H26N2O5/c1-24-17-8-6-5-7-15(17)16-9-10-19(26)25-13-14-11-22(20(16)24,21(27)28-2)18(25)12-23(14,29-3)30-4/h5-10,14,18H,11-13H2,1-4H3/b10-9-/t14-,18?,22-/m0/s1. The number of aromatic nitrogens is 1. The third-order valence-corrected chi connectivity index (χ3v) is 7.52. The number of rotatable bonds is 3. The number of methoxy groups -OCH3 is 3. The Balaban J connectivity index is 1.86. The molecule has 158 valence electrons. The number of hydrogen-bond donors (Lipinski definition) is 0. The summed E-state index contributed by atoms with van der Waals surface area (Å²) in [6.07, 6.45) is 4.36. The normalized spacial score (nSPS) is 30.0. The van der Waals surface area contributed by atoms with Crippen molar-refractivity contribution in [1.29, 1.82) is 0 Å². The molecule has 1 aromatic carbocycles. The number of para-hydroxylation sites is 1. The van der Waals surface area contributed by atoms with Gasteiger partial charge in [-0.15, -0.1) is 0 Å². The highest BCUT2D eigenvalue weighted by atomic mass is 16.7. The number of esters is 1. The number of ether oxygens (including phenoxy) is 3. The number of carbonyl (C=O) groups excluding carboxylic acids is 2. The first-order valence-corrected chi connectivity index (χ1v) is 10.2. The van der Waals surface area contributed by atoms with E-state index in [1.807, 2.05) is 37.4 Å².